The third-order valence-electron chi connectivity index (χ3n) is 5.00. The van der Waals surface area contributed by atoms with Crippen molar-refractivity contribution in [3.05, 3.63) is 41.9 Å². The van der Waals surface area contributed by atoms with Gasteiger partial charge in [-0.1, -0.05) is 0 Å². The highest BCUT2D eigenvalue weighted by atomic mass is 16.5. The third-order valence-corrected chi connectivity index (χ3v) is 5.00. The Morgan fingerprint density at radius 2 is 1.87 bits per heavy atom. The van der Waals surface area contributed by atoms with Gasteiger partial charge in [0.05, 0.1) is 18.0 Å². The average Bonchev–Trinajstić information content (AvgIpc) is 2.99. The lowest BCUT2D eigenvalue weighted by Crippen LogP contribution is -2.42. The zero-order valence-corrected chi connectivity index (χ0v) is 16.3. The molecule has 0 radical (unpaired) electrons. The van der Waals surface area contributed by atoms with Gasteiger partial charge in [-0.25, -0.2) is 14.8 Å². The molecule has 1 unspecified atom stereocenters. The highest BCUT2D eigenvalue weighted by molar-refractivity contribution is 5.92. The molecule has 10 nitrogen and oxygen atoms in total. The Balaban J connectivity index is 1.51. The number of aromatic nitrogens is 2. The van der Waals surface area contributed by atoms with Crippen LogP contribution in [0.25, 0.3) is 0 Å². The van der Waals surface area contributed by atoms with E-state index in [4.69, 9.17) is 9.47 Å². The summed E-state index contributed by atoms with van der Waals surface area (Å²) >= 11 is 0. The molecule has 2 aliphatic rings. The van der Waals surface area contributed by atoms with E-state index in [2.05, 4.69) is 9.97 Å². The maximum Gasteiger partial charge on any atom is 0.335 e. The summed E-state index contributed by atoms with van der Waals surface area (Å²) < 4.78 is 11.3. The summed E-state index contributed by atoms with van der Waals surface area (Å²) in [5, 5.41) is 9.38. The Labute approximate surface area is 172 Å². The predicted molar refractivity (Wildman–Crippen MR) is 103 cm³/mol. The average molecular weight is 412 g/mol. The molecule has 1 N–H and O–H groups in total. The Hall–Kier alpha value is -3.69. The number of ether oxygens (including phenoxy) is 2. The first-order valence-corrected chi connectivity index (χ1v) is 9.50. The van der Waals surface area contributed by atoms with Crippen molar-refractivity contribution in [2.75, 3.05) is 26.7 Å². The van der Waals surface area contributed by atoms with E-state index >= 15 is 0 Å². The van der Waals surface area contributed by atoms with Gasteiger partial charge in [-0.3, -0.25) is 9.59 Å². The molecule has 2 aliphatic heterocycles. The van der Waals surface area contributed by atoms with E-state index in [0.717, 1.165) is 6.42 Å². The van der Waals surface area contributed by atoms with Crippen molar-refractivity contribution in [3.8, 4) is 17.4 Å². The maximum absolute atomic E-state index is 12.1. The van der Waals surface area contributed by atoms with Gasteiger partial charge >= 0.3 is 5.97 Å². The third kappa shape index (κ3) is 4.02. The van der Waals surface area contributed by atoms with Crippen molar-refractivity contribution in [2.45, 2.75) is 18.9 Å². The summed E-state index contributed by atoms with van der Waals surface area (Å²) in [7, 11) is 1.68. The number of hydrogen-bond acceptors (Lipinski definition) is 7. The number of carbonyl (C=O) groups is 3. The summed E-state index contributed by atoms with van der Waals surface area (Å²) in [6.45, 7) is 2.00. The van der Waals surface area contributed by atoms with Crippen LogP contribution >= 0.6 is 0 Å². The van der Waals surface area contributed by atoms with E-state index in [9.17, 15) is 19.5 Å². The van der Waals surface area contributed by atoms with Gasteiger partial charge in [-0.15, -0.1) is 0 Å². The number of carboxylic acids is 1. The lowest BCUT2D eigenvalue weighted by atomic mass is 10.2. The van der Waals surface area contributed by atoms with Crippen LogP contribution in [-0.4, -0.2) is 75.4 Å². The molecule has 30 heavy (non-hydrogen) atoms. The molecule has 1 aromatic carbocycles. The van der Waals surface area contributed by atoms with Gasteiger partial charge in [0.25, 0.3) is 11.8 Å². The van der Waals surface area contributed by atoms with E-state index in [1.165, 1.54) is 30.6 Å². The van der Waals surface area contributed by atoms with Crippen molar-refractivity contribution in [3.63, 3.8) is 0 Å². The smallest absolute Gasteiger partial charge is 0.335 e. The molecular weight excluding hydrogens is 392 g/mol. The Bertz CT molecular complexity index is 989. The van der Waals surface area contributed by atoms with Gasteiger partial charge in [0.15, 0.2) is 6.10 Å². The second-order valence-corrected chi connectivity index (χ2v) is 7.14. The van der Waals surface area contributed by atoms with E-state index < -0.39 is 12.1 Å². The van der Waals surface area contributed by atoms with Crippen molar-refractivity contribution in [1.82, 2.24) is 19.8 Å². The highest BCUT2D eigenvalue weighted by Crippen LogP contribution is 2.28. The molecule has 10 heteroatoms. The molecule has 2 fully saturated rings. The Morgan fingerprint density at radius 1 is 1.10 bits per heavy atom. The number of likely N-dealkylation sites (tertiary alicyclic amines) is 2. The molecule has 3 heterocycles. The fraction of sp³-hybridized carbons (Fsp3) is 0.350. The Morgan fingerprint density at radius 3 is 2.43 bits per heavy atom. The van der Waals surface area contributed by atoms with Gasteiger partial charge in [0, 0.05) is 39.2 Å². The summed E-state index contributed by atoms with van der Waals surface area (Å²) in [5.74, 6) is -1.04. The maximum atomic E-state index is 12.1. The van der Waals surface area contributed by atoms with E-state index in [-0.39, 0.29) is 40.5 Å². The second-order valence-electron chi connectivity index (χ2n) is 7.14. The van der Waals surface area contributed by atoms with Crippen molar-refractivity contribution >= 4 is 17.8 Å². The fourth-order valence-electron chi connectivity index (χ4n) is 3.17. The molecule has 156 valence electrons. The molecule has 2 amide bonds. The van der Waals surface area contributed by atoms with Crippen molar-refractivity contribution < 1.29 is 29.0 Å². The van der Waals surface area contributed by atoms with Crippen LogP contribution in [-0.2, 0) is 4.79 Å². The summed E-state index contributed by atoms with van der Waals surface area (Å²) in [4.78, 5) is 47.1. The number of nitrogens with zero attached hydrogens (tertiary/aromatic N) is 4. The summed E-state index contributed by atoms with van der Waals surface area (Å²) in [6.07, 6.45) is 3.45. The predicted octanol–water partition coefficient (Wildman–Crippen LogP) is 1.42. The van der Waals surface area contributed by atoms with Crippen molar-refractivity contribution in [2.24, 2.45) is 0 Å². The van der Waals surface area contributed by atoms with Gasteiger partial charge in [0.1, 0.15) is 17.2 Å². The molecule has 2 saturated heterocycles. The minimum Gasteiger partial charge on any atom is -0.480 e. The molecular formula is C20H20N4O6. The lowest BCUT2D eigenvalue weighted by molar-refractivity contribution is -0.132. The monoisotopic (exact) mass is 412 g/mol. The number of carboxylic acid groups (broad SMARTS) is 1. The molecule has 0 saturated carbocycles. The molecule has 4 rings (SSSR count). The zero-order chi connectivity index (χ0) is 21.3. The van der Waals surface area contributed by atoms with Crippen LogP contribution in [0.4, 0.5) is 0 Å². The van der Waals surface area contributed by atoms with E-state index in [1.54, 1.807) is 16.8 Å². The number of aromatic carboxylic acids is 1. The largest absolute Gasteiger partial charge is 0.480 e. The van der Waals surface area contributed by atoms with Crippen LogP contribution in [0.5, 0.6) is 17.4 Å². The number of amides is 2. The van der Waals surface area contributed by atoms with Crippen LogP contribution in [0.2, 0.25) is 0 Å². The second kappa shape index (κ2) is 7.97. The first-order valence-electron chi connectivity index (χ1n) is 9.50. The van der Waals surface area contributed by atoms with Crippen LogP contribution in [0.1, 0.15) is 33.7 Å². The lowest BCUT2D eigenvalue weighted by Gasteiger charge is -2.30. The van der Waals surface area contributed by atoms with E-state index in [1.807, 2.05) is 0 Å². The highest BCUT2D eigenvalue weighted by Gasteiger charge is 2.31. The number of benzene rings is 1. The molecule has 1 atom stereocenters. The number of hydrogen-bond donors (Lipinski definition) is 1. The SMILES string of the molecule is CN1CCC(Oc2cc(Oc3cnc(C(=O)N4CCC4)cn3)cc(C(=O)O)c2)C1=O. The molecule has 0 bridgehead atoms. The first-order chi connectivity index (χ1) is 14.4. The van der Waals surface area contributed by atoms with Gasteiger partial charge in [0.2, 0.25) is 5.88 Å². The summed E-state index contributed by atoms with van der Waals surface area (Å²) in [6, 6.07) is 4.14. The van der Waals surface area contributed by atoms with Gasteiger partial charge in [-0.2, -0.15) is 0 Å². The first kappa shape index (κ1) is 19.6. The zero-order valence-electron chi connectivity index (χ0n) is 16.3. The minimum absolute atomic E-state index is 0.0566. The Kier molecular flexibility index (Phi) is 5.21. The quantitative estimate of drug-likeness (QED) is 0.756. The molecule has 0 spiro atoms. The van der Waals surface area contributed by atoms with Crippen LogP contribution in [0.15, 0.2) is 30.6 Å². The van der Waals surface area contributed by atoms with Gasteiger partial charge < -0.3 is 24.4 Å². The molecule has 0 aliphatic carbocycles. The van der Waals surface area contributed by atoms with Crippen LogP contribution < -0.4 is 9.47 Å². The van der Waals surface area contributed by atoms with Crippen LogP contribution in [0, 0.1) is 0 Å². The summed E-state index contributed by atoms with van der Waals surface area (Å²) in [5.41, 5.74) is 0.160. The topological polar surface area (TPSA) is 122 Å². The molecule has 1 aromatic heterocycles. The minimum atomic E-state index is -1.17. The van der Waals surface area contributed by atoms with Crippen LogP contribution in [0.3, 0.4) is 0 Å². The van der Waals surface area contributed by atoms with Gasteiger partial charge in [-0.05, 0) is 18.6 Å². The fourth-order valence-corrected chi connectivity index (χ4v) is 3.17. The van der Waals surface area contributed by atoms with E-state index in [0.29, 0.717) is 26.1 Å². The normalized spacial score (nSPS) is 18.2. The number of carbonyl (C=O) groups excluding carboxylic acids is 2. The molecule has 2 aromatic rings. The van der Waals surface area contributed by atoms with Crippen molar-refractivity contribution in [1.29, 1.82) is 0 Å². The number of likely N-dealkylation sites (N-methyl/N-ethyl adjacent to an activating group) is 1. The standard InChI is InChI=1S/C20H20N4O6/c1-23-6-3-16(19(23)26)29-13-7-12(20(27)28)8-14(9-13)30-17-11-21-15(10-22-17)18(25)24-4-2-5-24/h7-11,16H,2-6H2,1H3,(H,27,28). The number of rotatable bonds is 6.